The fraction of sp³-hybridized carbons (Fsp3) is 0.103. The predicted molar refractivity (Wildman–Crippen MR) is 145 cm³/mol. The number of fused-ring (bicyclic) bond motifs is 2. The molecule has 0 unspecified atom stereocenters. The predicted octanol–water partition coefficient (Wildman–Crippen LogP) is 5.85. The van der Waals surface area contributed by atoms with E-state index in [1.54, 1.807) is 6.33 Å². The van der Waals surface area contributed by atoms with Crippen molar-refractivity contribution in [2.24, 2.45) is 7.05 Å². The van der Waals surface area contributed by atoms with Crippen molar-refractivity contribution < 1.29 is 9.53 Å². The number of pyridine rings is 1. The lowest BCUT2D eigenvalue weighted by atomic mass is 9.95. The van der Waals surface area contributed by atoms with Crippen LogP contribution in [0.25, 0.3) is 33.4 Å². The average Bonchev–Trinajstić information content (AvgIpc) is 3.10. The van der Waals surface area contributed by atoms with E-state index in [2.05, 4.69) is 42.8 Å². The second-order valence-corrected chi connectivity index (χ2v) is 8.87. The van der Waals surface area contributed by atoms with Gasteiger partial charge < -0.3 is 19.9 Å². The molecule has 0 saturated heterocycles. The minimum atomic E-state index is -0.259. The van der Waals surface area contributed by atoms with Crippen molar-refractivity contribution in [2.45, 2.75) is 13.5 Å². The Labute approximate surface area is 213 Å². The molecule has 0 atom stereocenters. The van der Waals surface area contributed by atoms with Crippen LogP contribution in [0.2, 0.25) is 0 Å². The Hall–Kier alpha value is -4.98. The topological polar surface area (TPSA) is 94.0 Å². The van der Waals surface area contributed by atoms with Gasteiger partial charge in [0.05, 0.1) is 11.1 Å². The zero-order valence-corrected chi connectivity index (χ0v) is 20.4. The smallest absolute Gasteiger partial charge is 0.247 e. The number of amides is 1. The number of benzene rings is 2. The van der Waals surface area contributed by atoms with E-state index < -0.39 is 0 Å². The molecule has 1 aliphatic rings. The van der Waals surface area contributed by atoms with Gasteiger partial charge in [0.2, 0.25) is 11.8 Å². The molecule has 0 fully saturated rings. The molecule has 4 heterocycles. The molecule has 37 heavy (non-hydrogen) atoms. The van der Waals surface area contributed by atoms with Gasteiger partial charge in [0.25, 0.3) is 0 Å². The SMILES string of the molecule is C=CC(=O)Nc1cccc(-c2c3c4c(ncnc4n2C)NCc2cc(Oc4cccc(C)n4)ccc2-3)c1. The molecule has 3 aromatic heterocycles. The van der Waals surface area contributed by atoms with Gasteiger partial charge in [-0.3, -0.25) is 4.79 Å². The summed E-state index contributed by atoms with van der Waals surface area (Å²) >= 11 is 0. The van der Waals surface area contributed by atoms with Crippen molar-refractivity contribution in [3.05, 3.63) is 90.9 Å². The van der Waals surface area contributed by atoms with Crippen LogP contribution < -0.4 is 15.4 Å². The molecule has 0 radical (unpaired) electrons. The third kappa shape index (κ3) is 3.98. The van der Waals surface area contributed by atoms with Crippen molar-refractivity contribution in [1.29, 1.82) is 0 Å². The van der Waals surface area contributed by atoms with Crippen molar-refractivity contribution in [2.75, 3.05) is 10.6 Å². The van der Waals surface area contributed by atoms with E-state index in [1.165, 1.54) is 6.08 Å². The number of anilines is 2. The van der Waals surface area contributed by atoms with Crippen molar-refractivity contribution in [3.8, 4) is 34.0 Å². The van der Waals surface area contributed by atoms with E-state index in [0.717, 1.165) is 50.5 Å². The van der Waals surface area contributed by atoms with Crippen LogP contribution in [0.4, 0.5) is 11.5 Å². The molecule has 5 aromatic rings. The molecule has 8 nitrogen and oxygen atoms in total. The maximum atomic E-state index is 11.9. The molecule has 0 spiro atoms. The first-order chi connectivity index (χ1) is 18.0. The van der Waals surface area contributed by atoms with Crippen LogP contribution in [0.15, 0.2) is 79.6 Å². The molecule has 0 aliphatic carbocycles. The molecule has 1 amide bonds. The highest BCUT2D eigenvalue weighted by atomic mass is 16.5. The zero-order chi connectivity index (χ0) is 25.5. The van der Waals surface area contributed by atoms with Gasteiger partial charge in [-0.05, 0) is 54.5 Å². The highest BCUT2D eigenvalue weighted by molar-refractivity contribution is 6.10. The summed E-state index contributed by atoms with van der Waals surface area (Å²) in [6, 6.07) is 19.5. The minimum absolute atomic E-state index is 0.259. The van der Waals surface area contributed by atoms with Crippen molar-refractivity contribution in [1.82, 2.24) is 19.5 Å². The summed E-state index contributed by atoms with van der Waals surface area (Å²) in [5.74, 6) is 1.78. The summed E-state index contributed by atoms with van der Waals surface area (Å²) in [5.41, 5.74) is 7.48. The van der Waals surface area contributed by atoms with Gasteiger partial charge in [-0.1, -0.05) is 30.8 Å². The van der Waals surface area contributed by atoms with Gasteiger partial charge in [-0.2, -0.15) is 0 Å². The molecule has 1 aliphatic heterocycles. The molecule has 2 N–H and O–H groups in total. The van der Waals surface area contributed by atoms with Crippen LogP contribution in [0, 0.1) is 6.92 Å². The lowest BCUT2D eigenvalue weighted by Crippen LogP contribution is -2.07. The standard InChI is InChI=1S/C29H24N6O2/c1-4-23(36)34-20-9-6-8-18(13-20)27-25-22-12-11-21(37-24-10-5-7-17(2)33-24)14-19(22)15-30-28-26(25)29(35(27)3)32-16-31-28/h4-14,16H,1,15H2,2-3H3,(H,34,36)(H,30,31,32). The normalized spacial score (nSPS) is 11.8. The third-order valence-corrected chi connectivity index (χ3v) is 6.43. The van der Waals surface area contributed by atoms with E-state index in [0.29, 0.717) is 23.9 Å². The second-order valence-electron chi connectivity index (χ2n) is 8.87. The Balaban J connectivity index is 1.52. The number of carbonyl (C=O) groups is 1. The number of ether oxygens (including phenoxy) is 1. The molecular formula is C29H24N6O2. The molecular weight excluding hydrogens is 464 g/mol. The molecule has 8 heteroatoms. The Kier molecular flexibility index (Phi) is 5.41. The average molecular weight is 489 g/mol. The van der Waals surface area contributed by atoms with E-state index in [-0.39, 0.29) is 5.91 Å². The Morgan fingerprint density at radius 3 is 2.84 bits per heavy atom. The summed E-state index contributed by atoms with van der Waals surface area (Å²) < 4.78 is 8.15. The van der Waals surface area contributed by atoms with E-state index >= 15 is 0 Å². The quantitative estimate of drug-likeness (QED) is 0.302. The van der Waals surface area contributed by atoms with Crippen LogP contribution in [0.1, 0.15) is 11.3 Å². The minimum Gasteiger partial charge on any atom is -0.439 e. The largest absolute Gasteiger partial charge is 0.439 e. The molecule has 6 rings (SSSR count). The molecule has 0 bridgehead atoms. The number of carbonyl (C=O) groups excluding carboxylic acids is 1. The van der Waals surface area contributed by atoms with Crippen LogP contribution >= 0.6 is 0 Å². The fourth-order valence-electron chi connectivity index (χ4n) is 4.82. The van der Waals surface area contributed by atoms with Gasteiger partial charge in [0.1, 0.15) is 23.5 Å². The van der Waals surface area contributed by atoms with E-state index in [9.17, 15) is 4.79 Å². The molecule has 2 aromatic carbocycles. The zero-order valence-electron chi connectivity index (χ0n) is 20.4. The summed E-state index contributed by atoms with van der Waals surface area (Å²) in [6.45, 7) is 6.06. The van der Waals surface area contributed by atoms with Gasteiger partial charge in [0.15, 0.2) is 0 Å². The Bertz CT molecular complexity index is 1700. The number of nitrogens with zero attached hydrogens (tertiary/aromatic N) is 4. The van der Waals surface area contributed by atoms with Crippen LogP contribution in [0.5, 0.6) is 11.6 Å². The van der Waals surface area contributed by atoms with Gasteiger partial charge in [-0.15, -0.1) is 0 Å². The van der Waals surface area contributed by atoms with Crippen LogP contribution in [0.3, 0.4) is 0 Å². The Morgan fingerprint density at radius 1 is 1.14 bits per heavy atom. The van der Waals surface area contributed by atoms with Crippen LogP contribution in [-0.2, 0) is 18.4 Å². The highest BCUT2D eigenvalue weighted by Gasteiger charge is 2.26. The maximum absolute atomic E-state index is 11.9. The highest BCUT2D eigenvalue weighted by Crippen LogP contribution is 2.46. The number of hydrogen-bond donors (Lipinski definition) is 2. The van der Waals surface area contributed by atoms with Crippen LogP contribution in [-0.4, -0.2) is 25.4 Å². The van der Waals surface area contributed by atoms with E-state index in [4.69, 9.17) is 4.74 Å². The number of aryl methyl sites for hydroxylation is 2. The molecule has 182 valence electrons. The third-order valence-electron chi connectivity index (χ3n) is 6.43. The summed E-state index contributed by atoms with van der Waals surface area (Å²) in [7, 11) is 2.00. The first-order valence-corrected chi connectivity index (χ1v) is 11.9. The monoisotopic (exact) mass is 488 g/mol. The summed E-state index contributed by atoms with van der Waals surface area (Å²) in [5, 5.41) is 7.29. The van der Waals surface area contributed by atoms with Crippen molar-refractivity contribution >= 4 is 28.4 Å². The maximum Gasteiger partial charge on any atom is 0.247 e. The van der Waals surface area contributed by atoms with E-state index in [1.807, 2.05) is 68.6 Å². The number of aromatic nitrogens is 4. The van der Waals surface area contributed by atoms with Crippen molar-refractivity contribution in [3.63, 3.8) is 0 Å². The second kappa shape index (κ2) is 8.91. The first-order valence-electron chi connectivity index (χ1n) is 11.9. The number of rotatable bonds is 5. The van der Waals surface area contributed by atoms with Gasteiger partial charge in [-0.25, -0.2) is 15.0 Å². The fourth-order valence-corrected chi connectivity index (χ4v) is 4.82. The molecule has 0 saturated carbocycles. The summed E-state index contributed by atoms with van der Waals surface area (Å²) in [4.78, 5) is 25.5. The lowest BCUT2D eigenvalue weighted by Gasteiger charge is -2.14. The van der Waals surface area contributed by atoms with Gasteiger partial charge in [0, 0.05) is 42.2 Å². The summed E-state index contributed by atoms with van der Waals surface area (Å²) in [6.07, 6.45) is 2.83. The number of hydrogen-bond acceptors (Lipinski definition) is 6. The van der Waals surface area contributed by atoms with Gasteiger partial charge >= 0.3 is 0 Å². The first kappa shape index (κ1) is 22.5. The number of nitrogens with one attached hydrogen (secondary N) is 2. The lowest BCUT2D eigenvalue weighted by molar-refractivity contribution is -0.111. The Morgan fingerprint density at radius 2 is 2.00 bits per heavy atom.